The van der Waals surface area contributed by atoms with Gasteiger partial charge in [-0.15, -0.1) is 0 Å². The number of hydrogen-bond acceptors (Lipinski definition) is 3. The second kappa shape index (κ2) is 10.3. The van der Waals surface area contributed by atoms with Crippen molar-refractivity contribution in [1.29, 1.82) is 0 Å². The van der Waals surface area contributed by atoms with Gasteiger partial charge >= 0.3 is 66.8 Å². The highest BCUT2D eigenvalue weighted by Gasteiger charge is 2.97. The first-order valence-electron chi connectivity index (χ1n) is 7.93. The Bertz CT molecular complexity index is 1020. The van der Waals surface area contributed by atoms with Crippen LogP contribution in [0.1, 0.15) is 0 Å². The Hall–Kier alpha value is -1.37. The van der Waals surface area contributed by atoms with Gasteiger partial charge in [-0.1, -0.05) is 18.2 Å². The molecule has 1 aromatic rings. The fraction of sp³-hybridized carbons (Fsp3) is 0.571. The van der Waals surface area contributed by atoms with Crippen LogP contribution in [-0.4, -0.2) is 63.2 Å². The van der Waals surface area contributed by atoms with Crippen LogP contribution >= 0.6 is 0 Å². The molecular formula is C14H6F17IO4S. The summed E-state index contributed by atoms with van der Waals surface area (Å²) in [6.45, 7) is 0. The molecule has 23 heteroatoms. The molecular weight excluding hydrogens is 714 g/mol. The third kappa shape index (κ3) is 6.62. The highest BCUT2D eigenvalue weighted by molar-refractivity contribution is 7.79. The molecule has 1 N–H and O–H groups in total. The van der Waals surface area contributed by atoms with Crippen LogP contribution in [0.5, 0.6) is 0 Å². The monoisotopic (exact) mass is 720 g/mol. The van der Waals surface area contributed by atoms with Crippen molar-refractivity contribution in [1.82, 2.24) is 0 Å². The minimum Gasteiger partial charge on any atom is -0.726 e. The molecule has 1 aromatic carbocycles. The molecule has 0 amide bonds. The highest BCUT2D eigenvalue weighted by atomic mass is 127. The van der Waals surface area contributed by atoms with Gasteiger partial charge in [0, 0.05) is 0 Å². The van der Waals surface area contributed by atoms with Gasteiger partial charge in [0.1, 0.15) is 0 Å². The van der Waals surface area contributed by atoms with Crippen molar-refractivity contribution in [3.05, 3.63) is 33.9 Å². The maximum absolute atomic E-state index is 13.7. The normalized spacial score (nSPS) is 15.2. The molecule has 218 valence electrons. The highest BCUT2D eigenvalue weighted by Crippen LogP contribution is 2.63. The van der Waals surface area contributed by atoms with E-state index in [1.54, 1.807) is 0 Å². The van der Waals surface area contributed by atoms with E-state index in [4.69, 9.17) is 17.5 Å². The number of rotatable bonds is 8. The van der Waals surface area contributed by atoms with Crippen molar-refractivity contribution < 1.29 is 113 Å². The number of hydrogen-bond donors (Lipinski definition) is 1. The fourth-order valence-corrected chi connectivity index (χ4v) is 4.05. The molecule has 37 heavy (non-hydrogen) atoms. The van der Waals surface area contributed by atoms with Gasteiger partial charge in [0.2, 0.25) is 10.4 Å². The summed E-state index contributed by atoms with van der Waals surface area (Å²) in [4.78, 5) is 0. The lowest BCUT2D eigenvalue weighted by molar-refractivity contribution is -0.790. The Morgan fingerprint density at radius 3 is 1.14 bits per heavy atom. The summed E-state index contributed by atoms with van der Waals surface area (Å²) in [6, 6.07) is 4.05. The molecule has 0 saturated heterocycles. The standard InChI is InChI=1S/C14H5F17I.H2O4S/c15-7(16,9(19,20)11(23,24)13(27,28)29)8(17,18)10(21,22)12(25,26)14(30,31)32-6-4-2-1-3-5-6;1-5(2,3)4/h1-5H;(H2,1,2,3,4)/q+1;/p-1. The third-order valence-electron chi connectivity index (χ3n) is 3.64. The lowest BCUT2D eigenvalue weighted by Crippen LogP contribution is -3.68. The zero-order valence-electron chi connectivity index (χ0n) is 16.3. The quantitative estimate of drug-likeness (QED) is 0.148. The van der Waals surface area contributed by atoms with E-state index >= 15 is 0 Å². The summed E-state index contributed by atoms with van der Waals surface area (Å²) in [5.74, 6) is -49.6. The number of alkyl halides is 18. The average Bonchev–Trinajstić information content (AvgIpc) is 2.65. The molecule has 0 aromatic heterocycles. The van der Waals surface area contributed by atoms with Gasteiger partial charge < -0.3 is 4.55 Å². The van der Waals surface area contributed by atoms with Crippen molar-refractivity contribution in [2.75, 3.05) is 0 Å². The van der Waals surface area contributed by atoms with Gasteiger partial charge in [-0.3, -0.25) is 4.55 Å². The zero-order valence-corrected chi connectivity index (χ0v) is 19.2. The van der Waals surface area contributed by atoms with Crippen molar-refractivity contribution in [2.45, 2.75) is 45.6 Å². The number of benzene rings is 1. The fourth-order valence-electron chi connectivity index (χ4n) is 1.82. The van der Waals surface area contributed by atoms with Crippen LogP contribution < -0.4 is 21.2 Å². The summed E-state index contributed by atoms with van der Waals surface area (Å²) in [7, 11) is -4.92. The minimum absolute atomic E-state index is 0.597. The van der Waals surface area contributed by atoms with Crippen molar-refractivity contribution >= 4 is 10.4 Å². The lowest BCUT2D eigenvalue weighted by Gasteiger charge is -2.41. The molecule has 0 bridgehead atoms. The van der Waals surface area contributed by atoms with Crippen LogP contribution in [0.2, 0.25) is 0 Å². The van der Waals surface area contributed by atoms with Gasteiger partial charge in [0.15, 0.2) is 3.57 Å². The molecule has 0 saturated carbocycles. The van der Waals surface area contributed by atoms with Crippen molar-refractivity contribution in [2.24, 2.45) is 0 Å². The van der Waals surface area contributed by atoms with E-state index in [2.05, 4.69) is 0 Å². The largest absolute Gasteiger partial charge is 0.726 e. The third-order valence-corrected chi connectivity index (χ3v) is 6.34. The molecule has 0 fully saturated rings. The Kier molecular flexibility index (Phi) is 9.93. The molecule has 0 atom stereocenters. The lowest BCUT2D eigenvalue weighted by atomic mass is 9.91. The smallest absolute Gasteiger partial charge is 0.516 e. The van der Waals surface area contributed by atoms with Crippen LogP contribution in [-0.2, 0) is 10.4 Å². The van der Waals surface area contributed by atoms with E-state index in [0.29, 0.717) is 12.1 Å². The molecule has 0 aliphatic carbocycles. The van der Waals surface area contributed by atoms with Gasteiger partial charge in [-0.05, 0) is 12.1 Å². The molecule has 4 nitrogen and oxygen atoms in total. The van der Waals surface area contributed by atoms with E-state index < -0.39 is 80.8 Å². The van der Waals surface area contributed by atoms with E-state index in [1.807, 2.05) is 0 Å². The number of halogens is 18. The second-order valence-corrected chi connectivity index (χ2v) is 10.3. The summed E-state index contributed by atoms with van der Waals surface area (Å²) in [5.41, 5.74) is 0. The van der Waals surface area contributed by atoms with Crippen LogP contribution in [0.3, 0.4) is 0 Å². The van der Waals surface area contributed by atoms with Crippen LogP contribution in [0, 0.1) is 3.57 Å². The second-order valence-electron chi connectivity index (χ2n) is 6.26. The van der Waals surface area contributed by atoms with Gasteiger partial charge in [-0.25, -0.2) is 8.42 Å². The minimum atomic E-state index is -8.59. The maximum atomic E-state index is 13.7. The molecule has 0 unspecified atom stereocenters. The first-order valence-corrected chi connectivity index (χ1v) is 11.5. The van der Waals surface area contributed by atoms with Crippen molar-refractivity contribution in [3.8, 4) is 0 Å². The Morgan fingerprint density at radius 2 is 0.838 bits per heavy atom. The van der Waals surface area contributed by atoms with Crippen LogP contribution in [0.15, 0.2) is 30.3 Å². The van der Waals surface area contributed by atoms with Crippen LogP contribution in [0.25, 0.3) is 0 Å². The topological polar surface area (TPSA) is 77.4 Å². The Labute approximate surface area is 203 Å². The van der Waals surface area contributed by atoms with E-state index in [-0.39, 0.29) is 0 Å². The molecule has 0 radical (unpaired) electrons. The molecule has 0 heterocycles. The van der Waals surface area contributed by atoms with Crippen LogP contribution in [0.4, 0.5) is 74.6 Å². The summed E-state index contributed by atoms with van der Waals surface area (Å²) in [5, 5.41) is 0. The average molecular weight is 720 g/mol. The van der Waals surface area contributed by atoms with E-state index in [0.717, 1.165) is 18.2 Å². The van der Waals surface area contributed by atoms with E-state index in [1.165, 1.54) is 0 Å². The van der Waals surface area contributed by atoms with Crippen molar-refractivity contribution in [3.63, 3.8) is 0 Å². The predicted molar refractivity (Wildman–Crippen MR) is 78.1 cm³/mol. The van der Waals surface area contributed by atoms with Gasteiger partial charge in [0.25, 0.3) is 0 Å². The predicted octanol–water partition coefficient (Wildman–Crippen LogP) is 2.92. The first-order chi connectivity index (χ1) is 15.8. The first kappa shape index (κ1) is 35.6. The van der Waals surface area contributed by atoms with Gasteiger partial charge in [0.05, 0.1) is 0 Å². The molecule has 1 rings (SSSR count). The van der Waals surface area contributed by atoms with Gasteiger partial charge in [-0.2, -0.15) is 74.6 Å². The molecule has 0 spiro atoms. The zero-order chi connectivity index (χ0) is 30.3. The Morgan fingerprint density at radius 1 is 0.568 bits per heavy atom. The molecule has 0 aliphatic rings. The Balaban J connectivity index is 0.00000235. The maximum Gasteiger partial charge on any atom is 0.516 e. The van der Waals surface area contributed by atoms with E-state index in [9.17, 15) is 74.6 Å². The summed E-state index contributed by atoms with van der Waals surface area (Å²) < 4.78 is 249. The summed E-state index contributed by atoms with van der Waals surface area (Å²) in [6.07, 6.45) is -7.75. The summed E-state index contributed by atoms with van der Waals surface area (Å²) >= 11 is -3.79. The molecule has 0 aliphatic heterocycles. The SMILES string of the molecule is FC(F)(F)C(F)(F)C(F)(F)C(F)(F)C(F)(F)C(F)(F)C(F)(F)C(F)(F)[I+]c1ccccc1.O=S(=O)([O-])O.